The van der Waals surface area contributed by atoms with Gasteiger partial charge in [-0.15, -0.1) is 11.8 Å². The number of amides is 1. The van der Waals surface area contributed by atoms with Crippen LogP contribution in [0.2, 0.25) is 5.02 Å². The largest absolute Gasteiger partial charge is 0.391 e. The molecule has 0 radical (unpaired) electrons. The summed E-state index contributed by atoms with van der Waals surface area (Å²) >= 11 is 7.44. The zero-order valence-corrected chi connectivity index (χ0v) is 14.2. The van der Waals surface area contributed by atoms with Gasteiger partial charge >= 0.3 is 0 Å². The molecule has 1 rings (SSSR count). The van der Waals surface area contributed by atoms with Crippen LogP contribution in [0.3, 0.4) is 0 Å². The Hall–Kier alpha value is -0.710. The minimum absolute atomic E-state index is 0.0125. The molecule has 0 saturated heterocycles. The molecule has 0 aliphatic heterocycles. The van der Waals surface area contributed by atoms with Gasteiger partial charge in [0.25, 0.3) is 0 Å². The molecule has 0 fully saturated rings. The van der Waals surface area contributed by atoms with Gasteiger partial charge in [0, 0.05) is 28.6 Å². The third-order valence-electron chi connectivity index (χ3n) is 3.51. The van der Waals surface area contributed by atoms with Crippen LogP contribution in [0.25, 0.3) is 0 Å². The molecule has 3 nitrogen and oxygen atoms in total. The zero-order chi connectivity index (χ0) is 15.7. The fourth-order valence-electron chi connectivity index (χ4n) is 2.10. The molecule has 1 unspecified atom stereocenters. The van der Waals surface area contributed by atoms with Gasteiger partial charge in [-0.25, -0.2) is 0 Å². The molecule has 0 aromatic heterocycles. The summed E-state index contributed by atoms with van der Waals surface area (Å²) in [6, 6.07) is 7.58. The van der Waals surface area contributed by atoms with Crippen molar-refractivity contribution in [3.8, 4) is 0 Å². The van der Waals surface area contributed by atoms with Crippen LogP contribution in [0, 0.1) is 5.92 Å². The fraction of sp³-hybridized carbons (Fsp3) is 0.562. The molecule has 0 spiro atoms. The molecule has 0 aliphatic carbocycles. The van der Waals surface area contributed by atoms with E-state index in [1.54, 1.807) is 11.8 Å². The van der Waals surface area contributed by atoms with Crippen molar-refractivity contribution in [3.05, 3.63) is 29.3 Å². The van der Waals surface area contributed by atoms with Gasteiger partial charge in [0.1, 0.15) is 0 Å². The van der Waals surface area contributed by atoms with Gasteiger partial charge < -0.3 is 10.4 Å². The summed E-state index contributed by atoms with van der Waals surface area (Å²) in [5, 5.41) is 13.5. The summed E-state index contributed by atoms with van der Waals surface area (Å²) < 4.78 is 0. The molecule has 1 atom stereocenters. The van der Waals surface area contributed by atoms with E-state index in [1.165, 1.54) is 0 Å². The van der Waals surface area contributed by atoms with E-state index in [2.05, 4.69) is 19.2 Å². The van der Waals surface area contributed by atoms with Crippen LogP contribution < -0.4 is 5.32 Å². The van der Waals surface area contributed by atoms with Crippen LogP contribution in [-0.2, 0) is 4.79 Å². The average Bonchev–Trinajstić information content (AvgIpc) is 2.48. The smallest absolute Gasteiger partial charge is 0.220 e. The first-order valence-corrected chi connectivity index (χ1v) is 8.76. The second-order valence-electron chi connectivity index (χ2n) is 5.00. The molecule has 1 aromatic rings. The number of thioether (sulfide) groups is 1. The maximum atomic E-state index is 11.7. The monoisotopic (exact) mass is 329 g/mol. The van der Waals surface area contributed by atoms with Gasteiger partial charge in [-0.2, -0.15) is 0 Å². The third kappa shape index (κ3) is 7.21. The van der Waals surface area contributed by atoms with Gasteiger partial charge in [0.15, 0.2) is 0 Å². The van der Waals surface area contributed by atoms with E-state index >= 15 is 0 Å². The lowest BCUT2D eigenvalue weighted by Crippen LogP contribution is -2.36. The van der Waals surface area contributed by atoms with Crippen LogP contribution in [0.4, 0.5) is 0 Å². The Balaban J connectivity index is 2.20. The highest BCUT2D eigenvalue weighted by molar-refractivity contribution is 7.99. The predicted octanol–water partition coefficient (Wildman–Crippen LogP) is 3.74. The van der Waals surface area contributed by atoms with Crippen LogP contribution >= 0.6 is 23.4 Å². The zero-order valence-electron chi connectivity index (χ0n) is 12.6. The minimum atomic E-state index is -0.451. The SMILES string of the molecule is CCC(CC)C(O)CNC(=O)CCSc1ccc(Cl)cc1. The molecule has 2 N–H and O–H groups in total. The quantitative estimate of drug-likeness (QED) is 0.679. The Kier molecular flexibility index (Phi) is 8.81. The van der Waals surface area contributed by atoms with E-state index in [0.29, 0.717) is 23.7 Å². The first kappa shape index (κ1) is 18.3. The number of benzene rings is 1. The van der Waals surface area contributed by atoms with Gasteiger partial charge in [0.05, 0.1) is 6.10 Å². The Labute approximate surface area is 136 Å². The summed E-state index contributed by atoms with van der Waals surface area (Å²) in [7, 11) is 0. The Morgan fingerprint density at radius 2 is 1.90 bits per heavy atom. The number of hydrogen-bond acceptors (Lipinski definition) is 3. The molecule has 0 heterocycles. The van der Waals surface area contributed by atoms with Crippen LogP contribution in [0.5, 0.6) is 0 Å². The molecule has 118 valence electrons. The van der Waals surface area contributed by atoms with E-state index in [9.17, 15) is 9.90 Å². The Bertz CT molecular complexity index is 421. The summed E-state index contributed by atoms with van der Waals surface area (Å²) in [6.07, 6.45) is 1.86. The first-order valence-electron chi connectivity index (χ1n) is 7.39. The summed E-state index contributed by atoms with van der Waals surface area (Å²) in [6.45, 7) is 4.46. The summed E-state index contributed by atoms with van der Waals surface area (Å²) in [5.41, 5.74) is 0. The lowest BCUT2D eigenvalue weighted by Gasteiger charge is -2.20. The minimum Gasteiger partial charge on any atom is -0.391 e. The number of halogens is 1. The third-order valence-corrected chi connectivity index (χ3v) is 4.78. The number of carbonyl (C=O) groups is 1. The van der Waals surface area contributed by atoms with Crippen LogP contribution in [0.1, 0.15) is 33.1 Å². The lowest BCUT2D eigenvalue weighted by molar-refractivity contribution is -0.121. The maximum Gasteiger partial charge on any atom is 0.220 e. The van der Waals surface area contributed by atoms with Crippen molar-refractivity contribution in [1.29, 1.82) is 0 Å². The van der Waals surface area contributed by atoms with E-state index < -0.39 is 6.10 Å². The molecule has 1 aromatic carbocycles. The van der Waals surface area contributed by atoms with Crippen molar-refractivity contribution < 1.29 is 9.90 Å². The number of hydrogen-bond donors (Lipinski definition) is 2. The first-order chi connectivity index (χ1) is 10.1. The highest BCUT2D eigenvalue weighted by Crippen LogP contribution is 2.20. The standard InChI is InChI=1S/C16H24ClNO2S/c1-3-12(4-2)15(19)11-18-16(20)9-10-21-14-7-5-13(17)6-8-14/h5-8,12,15,19H,3-4,9-11H2,1-2H3,(H,18,20). The molecule has 0 bridgehead atoms. The number of nitrogens with one attached hydrogen (secondary N) is 1. The molecule has 5 heteroatoms. The number of aliphatic hydroxyl groups is 1. The number of carbonyl (C=O) groups excluding carboxylic acids is 1. The summed E-state index contributed by atoms with van der Waals surface area (Å²) in [5.74, 6) is 0.962. The molecular formula is C16H24ClNO2S. The summed E-state index contributed by atoms with van der Waals surface area (Å²) in [4.78, 5) is 12.8. The topological polar surface area (TPSA) is 49.3 Å². The number of aliphatic hydroxyl groups excluding tert-OH is 1. The maximum absolute atomic E-state index is 11.7. The molecule has 1 amide bonds. The average molecular weight is 330 g/mol. The highest BCUT2D eigenvalue weighted by atomic mass is 35.5. The molecule has 0 aliphatic rings. The van der Waals surface area contributed by atoms with E-state index in [4.69, 9.17) is 11.6 Å². The van der Waals surface area contributed by atoms with Gasteiger partial charge in [-0.05, 0) is 30.2 Å². The Morgan fingerprint density at radius 3 is 2.48 bits per heavy atom. The lowest BCUT2D eigenvalue weighted by atomic mass is 9.96. The van der Waals surface area contributed by atoms with Crippen molar-refractivity contribution >= 4 is 29.3 Å². The normalized spacial score (nSPS) is 12.4. The molecule has 21 heavy (non-hydrogen) atoms. The van der Waals surface area contributed by atoms with Gasteiger partial charge in [-0.3, -0.25) is 4.79 Å². The van der Waals surface area contributed by atoms with Crippen molar-refractivity contribution in [1.82, 2.24) is 5.32 Å². The highest BCUT2D eigenvalue weighted by Gasteiger charge is 2.15. The van der Waals surface area contributed by atoms with Crippen LogP contribution in [0.15, 0.2) is 29.2 Å². The van der Waals surface area contributed by atoms with Gasteiger partial charge in [0.2, 0.25) is 5.91 Å². The van der Waals surface area contributed by atoms with Crippen molar-refractivity contribution in [3.63, 3.8) is 0 Å². The van der Waals surface area contributed by atoms with E-state index in [-0.39, 0.29) is 11.8 Å². The van der Waals surface area contributed by atoms with Gasteiger partial charge in [-0.1, -0.05) is 38.3 Å². The second-order valence-corrected chi connectivity index (χ2v) is 6.61. The van der Waals surface area contributed by atoms with Crippen molar-refractivity contribution in [2.75, 3.05) is 12.3 Å². The fourth-order valence-corrected chi connectivity index (χ4v) is 3.08. The number of rotatable bonds is 9. The van der Waals surface area contributed by atoms with E-state index in [0.717, 1.165) is 17.7 Å². The predicted molar refractivity (Wildman–Crippen MR) is 89.9 cm³/mol. The van der Waals surface area contributed by atoms with Crippen molar-refractivity contribution in [2.24, 2.45) is 5.92 Å². The van der Waals surface area contributed by atoms with E-state index in [1.807, 2.05) is 24.3 Å². The molecular weight excluding hydrogens is 306 g/mol. The molecule has 0 saturated carbocycles. The Morgan fingerprint density at radius 1 is 1.29 bits per heavy atom. The second kappa shape index (κ2) is 10.1. The van der Waals surface area contributed by atoms with Crippen LogP contribution in [-0.4, -0.2) is 29.4 Å². The van der Waals surface area contributed by atoms with Crippen molar-refractivity contribution in [2.45, 2.75) is 44.1 Å².